The third-order valence-corrected chi connectivity index (χ3v) is 2.97. The first-order chi connectivity index (χ1) is 9.15. The van der Waals surface area contributed by atoms with Crippen molar-refractivity contribution in [1.29, 1.82) is 0 Å². The van der Waals surface area contributed by atoms with E-state index >= 15 is 0 Å². The van der Waals surface area contributed by atoms with Gasteiger partial charge in [-0.3, -0.25) is 20.4 Å². The fraction of sp³-hybridized carbons (Fsp3) is 0.385. The summed E-state index contributed by atoms with van der Waals surface area (Å²) in [6.07, 6.45) is 2.78. The maximum atomic E-state index is 12.8. The predicted molar refractivity (Wildman–Crippen MR) is 65.5 cm³/mol. The Bertz CT molecular complexity index is 475. The first kappa shape index (κ1) is 13.3. The first-order valence-electron chi connectivity index (χ1n) is 6.12. The number of rotatable bonds is 4. The zero-order valence-corrected chi connectivity index (χ0v) is 10.3. The Balaban J connectivity index is 1.68. The standard InChI is InChI=1S/C13H15FN2O3/c14-10-5-2-6-11(7-10)19-8-12(17)15-16-13(18)9-3-1-4-9/h2,5-7,9H,1,3-4,8H2,(H,15,17)(H,16,18). The van der Waals surface area contributed by atoms with Crippen LogP contribution in [0.15, 0.2) is 24.3 Å². The normalized spacial score (nSPS) is 14.4. The summed E-state index contributed by atoms with van der Waals surface area (Å²) in [6, 6.07) is 5.50. The maximum Gasteiger partial charge on any atom is 0.276 e. The molecule has 0 spiro atoms. The monoisotopic (exact) mass is 266 g/mol. The van der Waals surface area contributed by atoms with Crippen LogP contribution >= 0.6 is 0 Å². The third kappa shape index (κ3) is 3.94. The highest BCUT2D eigenvalue weighted by Crippen LogP contribution is 2.25. The molecule has 2 amide bonds. The van der Waals surface area contributed by atoms with Crippen molar-refractivity contribution >= 4 is 11.8 Å². The van der Waals surface area contributed by atoms with Crippen LogP contribution in [0.5, 0.6) is 5.75 Å². The fourth-order valence-corrected chi connectivity index (χ4v) is 1.65. The smallest absolute Gasteiger partial charge is 0.276 e. The molecule has 1 fully saturated rings. The van der Waals surface area contributed by atoms with Gasteiger partial charge in [0.05, 0.1) is 0 Å². The molecule has 0 radical (unpaired) electrons. The van der Waals surface area contributed by atoms with Gasteiger partial charge in [-0.05, 0) is 25.0 Å². The van der Waals surface area contributed by atoms with Crippen molar-refractivity contribution in [1.82, 2.24) is 10.9 Å². The summed E-state index contributed by atoms with van der Waals surface area (Å²) >= 11 is 0. The molecule has 2 rings (SSSR count). The molecule has 1 saturated carbocycles. The first-order valence-corrected chi connectivity index (χ1v) is 6.12. The second-order valence-electron chi connectivity index (χ2n) is 4.41. The molecule has 1 aromatic carbocycles. The summed E-state index contributed by atoms with van der Waals surface area (Å²) in [5.41, 5.74) is 4.60. The molecule has 1 aromatic rings. The number of benzene rings is 1. The minimum atomic E-state index is -0.489. The highest BCUT2D eigenvalue weighted by molar-refractivity contribution is 5.84. The number of hydrogen-bond acceptors (Lipinski definition) is 3. The largest absolute Gasteiger partial charge is 0.484 e. The summed E-state index contributed by atoms with van der Waals surface area (Å²) in [5.74, 6) is -0.830. The van der Waals surface area contributed by atoms with Gasteiger partial charge in [0.25, 0.3) is 5.91 Å². The number of ether oxygens (including phenoxy) is 1. The Morgan fingerprint density at radius 2 is 2.11 bits per heavy atom. The van der Waals surface area contributed by atoms with E-state index < -0.39 is 11.7 Å². The highest BCUT2D eigenvalue weighted by Gasteiger charge is 2.25. The van der Waals surface area contributed by atoms with Crippen molar-refractivity contribution in [2.75, 3.05) is 6.61 Å². The molecule has 102 valence electrons. The van der Waals surface area contributed by atoms with Gasteiger partial charge in [-0.2, -0.15) is 0 Å². The summed E-state index contributed by atoms with van der Waals surface area (Å²) in [5, 5.41) is 0. The van der Waals surface area contributed by atoms with E-state index in [1.807, 2.05) is 0 Å². The number of nitrogens with one attached hydrogen (secondary N) is 2. The van der Waals surface area contributed by atoms with Crippen LogP contribution in [0.2, 0.25) is 0 Å². The molecule has 19 heavy (non-hydrogen) atoms. The summed E-state index contributed by atoms with van der Waals surface area (Å²) in [4.78, 5) is 22.8. The highest BCUT2D eigenvalue weighted by atomic mass is 19.1. The second-order valence-corrected chi connectivity index (χ2v) is 4.41. The topological polar surface area (TPSA) is 67.4 Å². The lowest BCUT2D eigenvalue weighted by molar-refractivity contribution is -0.133. The van der Waals surface area contributed by atoms with Gasteiger partial charge in [0.2, 0.25) is 5.91 Å². The van der Waals surface area contributed by atoms with Crippen molar-refractivity contribution in [3.63, 3.8) is 0 Å². The van der Waals surface area contributed by atoms with Crippen molar-refractivity contribution < 1.29 is 18.7 Å². The Labute approximate surface area is 110 Å². The van der Waals surface area contributed by atoms with Crippen LogP contribution in [0.4, 0.5) is 4.39 Å². The van der Waals surface area contributed by atoms with Crippen LogP contribution in [0, 0.1) is 11.7 Å². The molecule has 2 N–H and O–H groups in total. The van der Waals surface area contributed by atoms with Crippen molar-refractivity contribution in [2.24, 2.45) is 5.92 Å². The quantitative estimate of drug-likeness (QED) is 0.803. The minimum Gasteiger partial charge on any atom is -0.484 e. The van der Waals surface area contributed by atoms with Crippen LogP contribution in [-0.2, 0) is 9.59 Å². The van der Waals surface area contributed by atoms with Crippen LogP contribution in [0.25, 0.3) is 0 Å². The summed E-state index contributed by atoms with van der Waals surface area (Å²) in [7, 11) is 0. The predicted octanol–water partition coefficient (Wildman–Crippen LogP) is 1.15. The van der Waals surface area contributed by atoms with E-state index in [1.165, 1.54) is 18.2 Å². The van der Waals surface area contributed by atoms with Gasteiger partial charge in [-0.15, -0.1) is 0 Å². The van der Waals surface area contributed by atoms with Gasteiger partial charge in [0.15, 0.2) is 6.61 Å². The van der Waals surface area contributed by atoms with Crippen molar-refractivity contribution in [3.05, 3.63) is 30.1 Å². The lowest BCUT2D eigenvalue weighted by Gasteiger charge is -2.23. The number of carbonyl (C=O) groups excluding carboxylic acids is 2. The third-order valence-electron chi connectivity index (χ3n) is 2.97. The molecule has 1 aliphatic carbocycles. The Hall–Kier alpha value is -2.11. The average Bonchev–Trinajstić information content (AvgIpc) is 2.32. The maximum absolute atomic E-state index is 12.8. The molecule has 6 heteroatoms. The lowest BCUT2D eigenvalue weighted by Crippen LogP contribution is -2.47. The van der Waals surface area contributed by atoms with Gasteiger partial charge in [0.1, 0.15) is 11.6 Å². The molecule has 0 aliphatic heterocycles. The van der Waals surface area contributed by atoms with Crippen LogP contribution in [0.3, 0.4) is 0 Å². The molecular weight excluding hydrogens is 251 g/mol. The zero-order valence-electron chi connectivity index (χ0n) is 10.3. The van der Waals surface area contributed by atoms with Crippen LogP contribution < -0.4 is 15.6 Å². The molecule has 5 nitrogen and oxygen atoms in total. The van der Waals surface area contributed by atoms with Gasteiger partial charge in [-0.25, -0.2) is 4.39 Å². The van der Waals surface area contributed by atoms with Gasteiger partial charge in [-0.1, -0.05) is 12.5 Å². The van der Waals surface area contributed by atoms with Gasteiger partial charge < -0.3 is 4.74 Å². The molecule has 0 unspecified atom stereocenters. The average molecular weight is 266 g/mol. The lowest BCUT2D eigenvalue weighted by atomic mass is 9.85. The number of carbonyl (C=O) groups is 2. The molecular formula is C13H15FN2O3. The number of amides is 2. The van der Waals surface area contributed by atoms with Gasteiger partial charge in [0, 0.05) is 12.0 Å². The van der Waals surface area contributed by atoms with Crippen molar-refractivity contribution in [3.8, 4) is 5.75 Å². The van der Waals surface area contributed by atoms with Crippen LogP contribution in [-0.4, -0.2) is 18.4 Å². The molecule has 0 bridgehead atoms. The number of hydrogen-bond donors (Lipinski definition) is 2. The van der Waals surface area contributed by atoms with E-state index in [9.17, 15) is 14.0 Å². The zero-order chi connectivity index (χ0) is 13.7. The van der Waals surface area contributed by atoms with Crippen LogP contribution in [0.1, 0.15) is 19.3 Å². The Kier molecular flexibility index (Phi) is 4.33. The molecule has 0 saturated heterocycles. The minimum absolute atomic E-state index is 0.00411. The Morgan fingerprint density at radius 1 is 1.32 bits per heavy atom. The molecule has 0 heterocycles. The Morgan fingerprint density at radius 3 is 2.74 bits per heavy atom. The molecule has 1 aliphatic rings. The van der Waals surface area contributed by atoms with E-state index in [1.54, 1.807) is 6.07 Å². The fourth-order valence-electron chi connectivity index (χ4n) is 1.65. The molecule has 0 atom stereocenters. The van der Waals surface area contributed by atoms with E-state index in [-0.39, 0.29) is 24.2 Å². The molecule has 0 aromatic heterocycles. The van der Waals surface area contributed by atoms with E-state index in [2.05, 4.69) is 10.9 Å². The second kappa shape index (κ2) is 6.17. The summed E-state index contributed by atoms with van der Waals surface area (Å²) < 4.78 is 17.9. The van der Waals surface area contributed by atoms with Gasteiger partial charge >= 0.3 is 0 Å². The van der Waals surface area contributed by atoms with E-state index in [4.69, 9.17) is 4.74 Å². The summed E-state index contributed by atoms with van der Waals surface area (Å²) in [6.45, 7) is -0.283. The number of hydrazine groups is 1. The van der Waals surface area contributed by atoms with E-state index in [0.29, 0.717) is 0 Å². The van der Waals surface area contributed by atoms with E-state index in [0.717, 1.165) is 19.3 Å². The number of halogens is 1. The SMILES string of the molecule is O=C(COc1cccc(F)c1)NNC(=O)C1CCC1. The van der Waals surface area contributed by atoms with Crippen molar-refractivity contribution in [2.45, 2.75) is 19.3 Å².